The lowest BCUT2D eigenvalue weighted by Crippen LogP contribution is -2.56. The molecular formula is C8H14N2O2. The number of ether oxygens (including phenoxy) is 1. The van der Waals surface area contributed by atoms with Gasteiger partial charge in [0.05, 0.1) is 6.61 Å². The second-order valence-electron chi connectivity index (χ2n) is 3.50. The number of morpholine rings is 1. The van der Waals surface area contributed by atoms with Gasteiger partial charge in [-0.05, 0) is 13.0 Å². The fraction of sp³-hybridized carbons (Fsp3) is 0.875. The quantitative estimate of drug-likeness (QED) is 0.518. The van der Waals surface area contributed by atoms with Crippen LogP contribution in [0.1, 0.15) is 6.42 Å². The highest BCUT2D eigenvalue weighted by Crippen LogP contribution is 2.25. The van der Waals surface area contributed by atoms with Crippen molar-refractivity contribution in [2.75, 3.05) is 33.3 Å². The van der Waals surface area contributed by atoms with Crippen molar-refractivity contribution in [1.82, 2.24) is 10.2 Å². The normalized spacial score (nSPS) is 36.4. The molecule has 1 spiro atoms. The molecule has 2 rings (SSSR count). The van der Waals surface area contributed by atoms with E-state index in [2.05, 4.69) is 5.32 Å². The lowest BCUT2D eigenvalue weighted by atomic mass is 10.00. The number of amides is 1. The van der Waals surface area contributed by atoms with Crippen LogP contribution in [-0.4, -0.2) is 49.7 Å². The van der Waals surface area contributed by atoms with Gasteiger partial charge < -0.3 is 15.0 Å². The molecule has 0 radical (unpaired) electrons. The summed E-state index contributed by atoms with van der Waals surface area (Å²) >= 11 is 0. The second kappa shape index (κ2) is 2.71. The maximum Gasteiger partial charge on any atom is 0.256 e. The summed E-state index contributed by atoms with van der Waals surface area (Å²) in [5, 5.41) is 3.16. The average molecular weight is 170 g/mol. The number of hydrogen-bond acceptors (Lipinski definition) is 3. The number of hydrogen-bond donors (Lipinski definition) is 1. The van der Waals surface area contributed by atoms with Crippen molar-refractivity contribution in [3.8, 4) is 0 Å². The number of nitrogens with zero attached hydrogens (tertiary/aromatic N) is 1. The van der Waals surface area contributed by atoms with Crippen LogP contribution in [0.4, 0.5) is 0 Å². The Balaban J connectivity index is 2.17. The molecule has 0 saturated carbocycles. The molecule has 2 fully saturated rings. The maximum absolute atomic E-state index is 11.7. The summed E-state index contributed by atoms with van der Waals surface area (Å²) in [5.41, 5.74) is -0.521. The summed E-state index contributed by atoms with van der Waals surface area (Å²) in [6.07, 6.45) is 0.816. The van der Waals surface area contributed by atoms with Gasteiger partial charge in [0.25, 0.3) is 5.91 Å². The van der Waals surface area contributed by atoms with Gasteiger partial charge in [0, 0.05) is 20.1 Å². The molecule has 4 heteroatoms. The Labute approximate surface area is 71.9 Å². The van der Waals surface area contributed by atoms with E-state index >= 15 is 0 Å². The first-order valence-corrected chi connectivity index (χ1v) is 4.35. The zero-order valence-electron chi connectivity index (χ0n) is 7.30. The zero-order chi connectivity index (χ0) is 8.60. The smallest absolute Gasteiger partial charge is 0.256 e. The van der Waals surface area contributed by atoms with Gasteiger partial charge in [0.1, 0.15) is 0 Å². The predicted octanol–water partition coefficient (Wildman–Crippen LogP) is -0.793. The van der Waals surface area contributed by atoms with Crippen molar-refractivity contribution in [2.24, 2.45) is 0 Å². The van der Waals surface area contributed by atoms with Crippen LogP contribution in [0.25, 0.3) is 0 Å². The van der Waals surface area contributed by atoms with E-state index in [1.807, 2.05) is 7.05 Å². The van der Waals surface area contributed by atoms with Crippen LogP contribution in [0.15, 0.2) is 0 Å². The van der Waals surface area contributed by atoms with Gasteiger partial charge in [-0.25, -0.2) is 0 Å². The summed E-state index contributed by atoms with van der Waals surface area (Å²) < 4.78 is 5.56. The number of nitrogens with one attached hydrogen (secondary N) is 1. The van der Waals surface area contributed by atoms with Crippen molar-refractivity contribution in [2.45, 2.75) is 12.0 Å². The Bertz CT molecular complexity index is 199. The molecule has 12 heavy (non-hydrogen) atoms. The topological polar surface area (TPSA) is 41.6 Å². The van der Waals surface area contributed by atoms with E-state index < -0.39 is 5.60 Å². The minimum absolute atomic E-state index is 0.138. The number of likely N-dealkylation sites (N-methyl/N-ethyl adjacent to an activating group) is 1. The molecular weight excluding hydrogens is 156 g/mol. The number of carbonyl (C=O) groups is 1. The van der Waals surface area contributed by atoms with E-state index in [0.29, 0.717) is 13.2 Å². The second-order valence-corrected chi connectivity index (χ2v) is 3.50. The summed E-state index contributed by atoms with van der Waals surface area (Å²) in [6, 6.07) is 0. The average Bonchev–Trinajstić information content (AvgIpc) is 2.50. The molecule has 0 aliphatic carbocycles. The van der Waals surface area contributed by atoms with Crippen LogP contribution in [0.5, 0.6) is 0 Å². The number of rotatable bonds is 0. The Kier molecular flexibility index (Phi) is 1.81. The largest absolute Gasteiger partial charge is 0.362 e. The minimum Gasteiger partial charge on any atom is -0.362 e. The van der Waals surface area contributed by atoms with Gasteiger partial charge in [0.15, 0.2) is 5.60 Å². The fourth-order valence-corrected chi connectivity index (χ4v) is 1.86. The first-order chi connectivity index (χ1) is 5.75. The molecule has 4 nitrogen and oxygen atoms in total. The summed E-state index contributed by atoms with van der Waals surface area (Å²) in [5.74, 6) is 0.138. The van der Waals surface area contributed by atoms with Crippen molar-refractivity contribution >= 4 is 5.91 Å². The molecule has 2 aliphatic rings. The third-order valence-corrected chi connectivity index (χ3v) is 2.66. The van der Waals surface area contributed by atoms with Crippen LogP contribution < -0.4 is 5.32 Å². The van der Waals surface area contributed by atoms with Crippen LogP contribution in [0.2, 0.25) is 0 Å². The third kappa shape index (κ3) is 1.03. The fourth-order valence-electron chi connectivity index (χ4n) is 1.86. The SMILES string of the molecule is CN1CCO[C@@]2(CCNC2)C1=O. The van der Waals surface area contributed by atoms with Gasteiger partial charge in [-0.15, -0.1) is 0 Å². The molecule has 1 amide bonds. The molecule has 0 unspecified atom stereocenters. The molecule has 1 atom stereocenters. The van der Waals surface area contributed by atoms with Crippen LogP contribution in [0, 0.1) is 0 Å². The van der Waals surface area contributed by atoms with Crippen molar-refractivity contribution in [3.05, 3.63) is 0 Å². The van der Waals surface area contributed by atoms with E-state index in [1.165, 1.54) is 0 Å². The van der Waals surface area contributed by atoms with E-state index in [9.17, 15) is 4.79 Å². The Morgan fingerprint density at radius 3 is 3.17 bits per heavy atom. The number of carbonyl (C=O) groups excluding carboxylic acids is 1. The first kappa shape index (κ1) is 8.01. The highest BCUT2D eigenvalue weighted by molar-refractivity contribution is 5.86. The monoisotopic (exact) mass is 170 g/mol. The standard InChI is InChI=1S/C8H14N2O2/c1-10-4-5-12-8(7(10)11)2-3-9-6-8/h9H,2-6H2,1H3/t8-/m1/s1. The molecule has 68 valence electrons. The summed E-state index contributed by atoms with van der Waals surface area (Å²) in [6.45, 7) is 2.96. The molecule has 2 heterocycles. The van der Waals surface area contributed by atoms with Gasteiger partial charge >= 0.3 is 0 Å². The summed E-state index contributed by atoms with van der Waals surface area (Å²) in [7, 11) is 1.84. The Morgan fingerprint density at radius 2 is 2.50 bits per heavy atom. The summed E-state index contributed by atoms with van der Waals surface area (Å²) in [4.78, 5) is 13.5. The molecule has 0 aromatic carbocycles. The van der Waals surface area contributed by atoms with Crippen LogP contribution in [-0.2, 0) is 9.53 Å². The third-order valence-electron chi connectivity index (χ3n) is 2.66. The lowest BCUT2D eigenvalue weighted by molar-refractivity contribution is -0.166. The highest BCUT2D eigenvalue weighted by Gasteiger charge is 2.46. The van der Waals surface area contributed by atoms with E-state index in [4.69, 9.17) is 4.74 Å². The van der Waals surface area contributed by atoms with E-state index in [-0.39, 0.29) is 5.91 Å². The van der Waals surface area contributed by atoms with Crippen molar-refractivity contribution in [3.63, 3.8) is 0 Å². The molecule has 0 bridgehead atoms. The first-order valence-electron chi connectivity index (χ1n) is 4.35. The molecule has 2 saturated heterocycles. The van der Waals surface area contributed by atoms with E-state index in [1.54, 1.807) is 4.90 Å². The minimum atomic E-state index is -0.521. The van der Waals surface area contributed by atoms with Crippen LogP contribution in [0.3, 0.4) is 0 Å². The van der Waals surface area contributed by atoms with Crippen molar-refractivity contribution in [1.29, 1.82) is 0 Å². The van der Waals surface area contributed by atoms with Gasteiger partial charge in [-0.3, -0.25) is 4.79 Å². The van der Waals surface area contributed by atoms with Crippen molar-refractivity contribution < 1.29 is 9.53 Å². The Hall–Kier alpha value is -0.610. The molecule has 0 aromatic rings. The Morgan fingerprint density at radius 1 is 1.67 bits per heavy atom. The van der Waals surface area contributed by atoms with Gasteiger partial charge in [0.2, 0.25) is 0 Å². The predicted molar refractivity (Wildman–Crippen MR) is 43.8 cm³/mol. The molecule has 2 aliphatic heterocycles. The molecule has 0 aromatic heterocycles. The van der Waals surface area contributed by atoms with E-state index in [0.717, 1.165) is 19.5 Å². The molecule has 1 N–H and O–H groups in total. The lowest BCUT2D eigenvalue weighted by Gasteiger charge is -2.36. The zero-order valence-corrected chi connectivity index (χ0v) is 7.30. The van der Waals surface area contributed by atoms with Crippen LogP contribution >= 0.6 is 0 Å². The highest BCUT2D eigenvalue weighted by atomic mass is 16.5. The van der Waals surface area contributed by atoms with Gasteiger partial charge in [-0.2, -0.15) is 0 Å². The maximum atomic E-state index is 11.7. The van der Waals surface area contributed by atoms with Gasteiger partial charge in [-0.1, -0.05) is 0 Å².